The van der Waals surface area contributed by atoms with Gasteiger partial charge < -0.3 is 10.6 Å². The third-order valence-corrected chi connectivity index (χ3v) is 5.35. The van der Waals surface area contributed by atoms with Gasteiger partial charge in [-0.1, -0.05) is 43.2 Å². The summed E-state index contributed by atoms with van der Waals surface area (Å²) in [5, 5.41) is 0. The van der Waals surface area contributed by atoms with Crippen LogP contribution < -0.4 is 5.73 Å². The fraction of sp³-hybridized carbons (Fsp3) is 0.632. The molecule has 0 spiro atoms. The van der Waals surface area contributed by atoms with E-state index in [1.807, 2.05) is 35.2 Å². The lowest BCUT2D eigenvalue weighted by Gasteiger charge is -2.27. The number of halogens is 2. The molecule has 0 radical (unpaired) electrons. The van der Waals surface area contributed by atoms with Crippen molar-refractivity contribution in [1.29, 1.82) is 0 Å². The van der Waals surface area contributed by atoms with Crippen LogP contribution in [0.2, 0.25) is 0 Å². The van der Waals surface area contributed by atoms with Crippen molar-refractivity contribution in [3.8, 4) is 0 Å². The Hall–Kier alpha value is -0.810. The maximum absolute atomic E-state index is 12.6. The van der Waals surface area contributed by atoms with Crippen molar-refractivity contribution in [1.82, 2.24) is 9.80 Å². The Balaban J connectivity index is 0.00000156. The van der Waals surface area contributed by atoms with Gasteiger partial charge in [0.1, 0.15) is 0 Å². The van der Waals surface area contributed by atoms with Crippen LogP contribution in [0.5, 0.6) is 0 Å². The number of hydrogen-bond donors (Lipinski definition) is 1. The molecule has 1 aromatic carbocycles. The Kier molecular flexibility index (Phi) is 9.80. The molecule has 0 bridgehead atoms. The van der Waals surface area contributed by atoms with Gasteiger partial charge in [0.25, 0.3) is 0 Å². The molecule has 1 heterocycles. The van der Waals surface area contributed by atoms with E-state index in [1.165, 1.54) is 25.7 Å². The summed E-state index contributed by atoms with van der Waals surface area (Å²) >= 11 is 0. The maximum atomic E-state index is 12.6. The topological polar surface area (TPSA) is 49.6 Å². The van der Waals surface area contributed by atoms with E-state index < -0.39 is 0 Å². The molecular weight excluding hydrogens is 357 g/mol. The number of hydrogen-bond acceptors (Lipinski definition) is 3. The van der Waals surface area contributed by atoms with E-state index in [0.29, 0.717) is 6.42 Å². The first-order chi connectivity index (χ1) is 11.2. The minimum atomic E-state index is -0.196. The number of carbonyl (C=O) groups is 1. The van der Waals surface area contributed by atoms with Gasteiger partial charge >= 0.3 is 0 Å². The second-order valence-corrected chi connectivity index (χ2v) is 6.93. The van der Waals surface area contributed by atoms with Gasteiger partial charge in [-0.15, -0.1) is 24.8 Å². The van der Waals surface area contributed by atoms with Crippen LogP contribution in [0.1, 0.15) is 50.1 Å². The zero-order valence-corrected chi connectivity index (χ0v) is 16.4. The molecule has 3 rings (SSSR count). The van der Waals surface area contributed by atoms with E-state index in [4.69, 9.17) is 5.73 Å². The highest BCUT2D eigenvalue weighted by Crippen LogP contribution is 2.24. The quantitative estimate of drug-likeness (QED) is 0.860. The molecule has 1 unspecified atom stereocenters. The number of rotatable bonds is 4. The highest BCUT2D eigenvalue weighted by Gasteiger charge is 2.26. The second kappa shape index (κ2) is 11.0. The number of nitrogens with zero attached hydrogens (tertiary/aromatic N) is 2. The van der Waals surface area contributed by atoms with Crippen molar-refractivity contribution in [3.63, 3.8) is 0 Å². The summed E-state index contributed by atoms with van der Waals surface area (Å²) in [6.45, 7) is 3.90. The number of benzene rings is 1. The van der Waals surface area contributed by atoms with Gasteiger partial charge in [-0.3, -0.25) is 9.69 Å². The smallest absolute Gasteiger partial charge is 0.224 e. The normalized spacial score (nSPS) is 20.3. The molecule has 2 N–H and O–H groups in total. The van der Waals surface area contributed by atoms with Gasteiger partial charge in [0, 0.05) is 44.7 Å². The summed E-state index contributed by atoms with van der Waals surface area (Å²) in [4.78, 5) is 17.2. The molecule has 1 aliphatic heterocycles. The molecule has 1 saturated heterocycles. The van der Waals surface area contributed by atoms with Crippen molar-refractivity contribution < 1.29 is 4.79 Å². The van der Waals surface area contributed by atoms with Crippen molar-refractivity contribution in [2.45, 2.75) is 50.6 Å². The van der Waals surface area contributed by atoms with E-state index in [9.17, 15) is 4.79 Å². The van der Waals surface area contributed by atoms with Gasteiger partial charge in [-0.2, -0.15) is 0 Å². The van der Waals surface area contributed by atoms with Crippen molar-refractivity contribution in [2.24, 2.45) is 5.73 Å². The average Bonchev–Trinajstić information content (AvgIpc) is 3.00. The van der Waals surface area contributed by atoms with Gasteiger partial charge in [0.05, 0.1) is 0 Å². The van der Waals surface area contributed by atoms with Crippen LogP contribution in [0.3, 0.4) is 0 Å². The Bertz CT molecular complexity index is 509. The predicted octanol–water partition coefficient (Wildman–Crippen LogP) is 3.40. The highest BCUT2D eigenvalue weighted by molar-refractivity contribution is 5.85. The second-order valence-electron chi connectivity index (χ2n) is 6.93. The van der Waals surface area contributed by atoms with Gasteiger partial charge in [-0.05, 0) is 24.8 Å². The van der Waals surface area contributed by atoms with Crippen molar-refractivity contribution >= 4 is 30.7 Å². The first kappa shape index (κ1) is 22.2. The lowest BCUT2D eigenvalue weighted by Crippen LogP contribution is -2.39. The average molecular weight is 388 g/mol. The Morgan fingerprint density at radius 3 is 2.36 bits per heavy atom. The fourth-order valence-electron chi connectivity index (χ4n) is 3.96. The maximum Gasteiger partial charge on any atom is 0.224 e. The van der Waals surface area contributed by atoms with Crippen molar-refractivity contribution in [3.05, 3.63) is 35.9 Å². The highest BCUT2D eigenvalue weighted by atomic mass is 35.5. The Labute approximate surface area is 163 Å². The summed E-state index contributed by atoms with van der Waals surface area (Å²) in [6, 6.07) is 10.5. The Morgan fingerprint density at radius 2 is 1.68 bits per heavy atom. The molecule has 0 aromatic heterocycles. The summed E-state index contributed by atoms with van der Waals surface area (Å²) in [5.41, 5.74) is 7.26. The zero-order valence-electron chi connectivity index (χ0n) is 14.8. The largest absolute Gasteiger partial charge is 0.341 e. The van der Waals surface area contributed by atoms with Crippen LogP contribution in [0.15, 0.2) is 30.3 Å². The van der Waals surface area contributed by atoms with Crippen molar-refractivity contribution in [2.75, 3.05) is 26.2 Å². The van der Waals surface area contributed by atoms with Crippen LogP contribution in [0, 0.1) is 0 Å². The molecule has 1 aromatic rings. The molecular formula is C19H31Cl2N3O. The fourth-order valence-corrected chi connectivity index (χ4v) is 3.96. The summed E-state index contributed by atoms with van der Waals surface area (Å²) in [5.74, 6) is 0.203. The monoisotopic (exact) mass is 387 g/mol. The third-order valence-electron chi connectivity index (χ3n) is 5.35. The van der Waals surface area contributed by atoms with E-state index in [0.717, 1.165) is 44.2 Å². The summed E-state index contributed by atoms with van der Waals surface area (Å²) in [7, 11) is 0. The minimum Gasteiger partial charge on any atom is -0.341 e. The standard InChI is InChI=1S/C19H29N3O.2ClH/c20-18(16-7-2-1-3-8-16)15-19(23)22-12-6-11-21(13-14-22)17-9-4-5-10-17;;/h1-3,7-8,17-18H,4-6,9-15,20H2;2*1H. The van der Waals surface area contributed by atoms with Crippen LogP contribution in [-0.4, -0.2) is 47.9 Å². The lowest BCUT2D eigenvalue weighted by atomic mass is 10.0. The SMILES string of the molecule is Cl.Cl.NC(CC(=O)N1CCCN(C2CCCC2)CC1)c1ccccc1. The third kappa shape index (κ3) is 6.14. The van der Waals surface area contributed by atoms with E-state index in [-0.39, 0.29) is 36.8 Å². The van der Waals surface area contributed by atoms with Gasteiger partial charge in [-0.25, -0.2) is 0 Å². The van der Waals surface area contributed by atoms with E-state index >= 15 is 0 Å². The lowest BCUT2D eigenvalue weighted by molar-refractivity contribution is -0.131. The van der Waals surface area contributed by atoms with E-state index in [1.54, 1.807) is 0 Å². The number of nitrogens with two attached hydrogens (primary N) is 1. The molecule has 6 heteroatoms. The predicted molar refractivity (Wildman–Crippen MR) is 108 cm³/mol. The molecule has 1 saturated carbocycles. The molecule has 142 valence electrons. The van der Waals surface area contributed by atoms with E-state index in [2.05, 4.69) is 4.90 Å². The molecule has 2 fully saturated rings. The molecule has 2 aliphatic rings. The summed E-state index contributed by atoms with van der Waals surface area (Å²) < 4.78 is 0. The van der Waals surface area contributed by atoms with Crippen LogP contribution in [0.4, 0.5) is 0 Å². The van der Waals surface area contributed by atoms with Crippen LogP contribution in [0.25, 0.3) is 0 Å². The van der Waals surface area contributed by atoms with Crippen LogP contribution in [-0.2, 0) is 4.79 Å². The molecule has 1 aliphatic carbocycles. The first-order valence-electron chi connectivity index (χ1n) is 9.06. The number of carbonyl (C=O) groups excluding carboxylic acids is 1. The number of amides is 1. The van der Waals surface area contributed by atoms with Gasteiger partial charge in [0.2, 0.25) is 5.91 Å². The Morgan fingerprint density at radius 1 is 1.00 bits per heavy atom. The molecule has 1 atom stereocenters. The molecule has 1 amide bonds. The van der Waals surface area contributed by atoms with Gasteiger partial charge in [0.15, 0.2) is 0 Å². The molecule has 4 nitrogen and oxygen atoms in total. The molecule has 25 heavy (non-hydrogen) atoms. The minimum absolute atomic E-state index is 0. The zero-order chi connectivity index (χ0) is 16.1. The van der Waals surface area contributed by atoms with Crippen LogP contribution >= 0.6 is 24.8 Å². The summed E-state index contributed by atoms with van der Waals surface area (Å²) in [6.07, 6.45) is 6.92. The first-order valence-corrected chi connectivity index (χ1v) is 9.06.